The summed E-state index contributed by atoms with van der Waals surface area (Å²) in [4.78, 5) is 26.3. The van der Waals surface area contributed by atoms with Crippen molar-refractivity contribution in [3.8, 4) is 11.3 Å². The van der Waals surface area contributed by atoms with Crippen LogP contribution in [-0.2, 0) is 16.6 Å². The summed E-state index contributed by atoms with van der Waals surface area (Å²) in [5, 5.41) is 4.28. The molecule has 0 saturated carbocycles. The number of hydrogen-bond acceptors (Lipinski definition) is 4. The lowest BCUT2D eigenvalue weighted by Gasteiger charge is -2.30. The van der Waals surface area contributed by atoms with E-state index in [1.807, 2.05) is 0 Å². The Labute approximate surface area is 151 Å². The molecular formula is C19H22FN3O3. The second-order valence-corrected chi connectivity index (χ2v) is 6.34. The van der Waals surface area contributed by atoms with Crippen LogP contribution in [0.2, 0.25) is 0 Å². The van der Waals surface area contributed by atoms with Gasteiger partial charge in [-0.05, 0) is 38.0 Å². The first-order valence-corrected chi connectivity index (χ1v) is 8.76. The van der Waals surface area contributed by atoms with Crippen LogP contribution < -0.4 is 0 Å². The van der Waals surface area contributed by atoms with E-state index >= 15 is 0 Å². The normalized spacial score (nSPS) is 15.1. The molecule has 0 radical (unpaired) electrons. The summed E-state index contributed by atoms with van der Waals surface area (Å²) >= 11 is 0. The molecule has 0 bridgehead atoms. The molecule has 2 aromatic rings. The minimum atomic E-state index is -0.375. The Morgan fingerprint density at radius 1 is 1.27 bits per heavy atom. The maximum Gasteiger partial charge on any atom is 0.309 e. The number of aromatic nitrogens is 2. The molecule has 1 fully saturated rings. The zero-order valence-electron chi connectivity index (χ0n) is 14.9. The van der Waals surface area contributed by atoms with Crippen molar-refractivity contribution in [2.75, 3.05) is 19.7 Å². The van der Waals surface area contributed by atoms with Gasteiger partial charge in [0.25, 0.3) is 5.91 Å². The van der Waals surface area contributed by atoms with E-state index in [0.29, 0.717) is 49.5 Å². The number of rotatable bonds is 4. The predicted molar refractivity (Wildman–Crippen MR) is 93.9 cm³/mol. The monoisotopic (exact) mass is 359 g/mol. The number of piperidine rings is 1. The first-order chi connectivity index (χ1) is 12.5. The van der Waals surface area contributed by atoms with Crippen molar-refractivity contribution in [1.29, 1.82) is 0 Å². The zero-order chi connectivity index (χ0) is 18.7. The highest BCUT2D eigenvalue weighted by atomic mass is 19.1. The van der Waals surface area contributed by atoms with Gasteiger partial charge in [0.1, 0.15) is 11.5 Å². The Morgan fingerprint density at radius 3 is 2.62 bits per heavy atom. The Balaban J connectivity index is 1.72. The van der Waals surface area contributed by atoms with Gasteiger partial charge in [-0.15, -0.1) is 0 Å². The van der Waals surface area contributed by atoms with Gasteiger partial charge < -0.3 is 9.64 Å². The van der Waals surface area contributed by atoms with Crippen molar-refractivity contribution >= 4 is 11.9 Å². The maximum absolute atomic E-state index is 14.0. The van der Waals surface area contributed by atoms with Crippen LogP contribution in [0.3, 0.4) is 0 Å². The summed E-state index contributed by atoms with van der Waals surface area (Å²) in [6.45, 7) is 3.13. The van der Waals surface area contributed by atoms with Gasteiger partial charge in [-0.25, -0.2) is 4.39 Å². The zero-order valence-corrected chi connectivity index (χ0v) is 14.9. The number of carbonyl (C=O) groups is 2. The molecule has 0 unspecified atom stereocenters. The second-order valence-electron chi connectivity index (χ2n) is 6.34. The molecule has 1 saturated heterocycles. The first kappa shape index (κ1) is 18.1. The molecule has 1 aliphatic rings. The number of hydrogen-bond donors (Lipinski definition) is 0. The fourth-order valence-electron chi connectivity index (χ4n) is 3.21. The Morgan fingerprint density at radius 2 is 1.96 bits per heavy atom. The van der Waals surface area contributed by atoms with Crippen LogP contribution >= 0.6 is 0 Å². The fraction of sp³-hybridized carbons (Fsp3) is 0.421. The number of halogens is 1. The Hall–Kier alpha value is -2.70. The summed E-state index contributed by atoms with van der Waals surface area (Å²) in [5.41, 5.74) is 1.19. The maximum atomic E-state index is 14.0. The molecule has 2 heterocycles. The van der Waals surface area contributed by atoms with E-state index < -0.39 is 0 Å². The minimum absolute atomic E-state index is 0.153. The van der Waals surface area contributed by atoms with E-state index in [4.69, 9.17) is 4.74 Å². The molecule has 1 aromatic heterocycles. The SMILES string of the molecule is CCOC(=O)C1CCN(C(=O)c2cc(-c3ccccc3F)nn2C)CC1. The molecule has 26 heavy (non-hydrogen) atoms. The van der Waals surface area contributed by atoms with E-state index in [1.54, 1.807) is 43.1 Å². The summed E-state index contributed by atoms with van der Waals surface area (Å²) < 4.78 is 20.5. The van der Waals surface area contributed by atoms with E-state index in [9.17, 15) is 14.0 Å². The highest BCUT2D eigenvalue weighted by Gasteiger charge is 2.30. The topological polar surface area (TPSA) is 64.4 Å². The van der Waals surface area contributed by atoms with Gasteiger partial charge in [0.15, 0.2) is 0 Å². The second kappa shape index (κ2) is 7.68. The van der Waals surface area contributed by atoms with Gasteiger partial charge in [0.05, 0.1) is 18.2 Å². The lowest BCUT2D eigenvalue weighted by Crippen LogP contribution is -2.41. The third kappa shape index (κ3) is 3.61. The lowest BCUT2D eigenvalue weighted by atomic mass is 9.97. The minimum Gasteiger partial charge on any atom is -0.466 e. The number of esters is 1. The number of ether oxygens (including phenoxy) is 1. The summed E-state index contributed by atoms with van der Waals surface area (Å²) in [7, 11) is 1.67. The largest absolute Gasteiger partial charge is 0.466 e. The van der Waals surface area contributed by atoms with Crippen LogP contribution in [0.5, 0.6) is 0 Å². The van der Waals surface area contributed by atoms with Crippen LogP contribution in [0.15, 0.2) is 30.3 Å². The van der Waals surface area contributed by atoms with Crippen molar-refractivity contribution in [1.82, 2.24) is 14.7 Å². The van der Waals surface area contributed by atoms with Gasteiger partial charge in [-0.1, -0.05) is 12.1 Å². The molecule has 3 rings (SSSR count). The lowest BCUT2D eigenvalue weighted by molar-refractivity contribution is -0.149. The molecule has 0 atom stereocenters. The molecular weight excluding hydrogens is 337 g/mol. The molecule has 0 N–H and O–H groups in total. The quantitative estimate of drug-likeness (QED) is 0.788. The molecule has 1 aromatic carbocycles. The molecule has 6 nitrogen and oxygen atoms in total. The molecule has 1 aliphatic heterocycles. The third-order valence-electron chi connectivity index (χ3n) is 4.65. The number of amides is 1. The van der Waals surface area contributed by atoms with Gasteiger partial charge in [-0.2, -0.15) is 5.10 Å². The molecule has 0 spiro atoms. The third-order valence-corrected chi connectivity index (χ3v) is 4.65. The van der Waals surface area contributed by atoms with Crippen molar-refractivity contribution in [3.63, 3.8) is 0 Å². The number of nitrogens with zero attached hydrogens (tertiary/aromatic N) is 3. The molecule has 0 aliphatic carbocycles. The highest BCUT2D eigenvalue weighted by molar-refractivity contribution is 5.94. The van der Waals surface area contributed by atoms with E-state index in [-0.39, 0.29) is 23.6 Å². The van der Waals surface area contributed by atoms with Crippen LogP contribution in [0.25, 0.3) is 11.3 Å². The van der Waals surface area contributed by atoms with Crippen LogP contribution in [0, 0.1) is 11.7 Å². The average Bonchev–Trinajstić information content (AvgIpc) is 3.03. The smallest absolute Gasteiger partial charge is 0.309 e. The number of aryl methyl sites for hydroxylation is 1. The van der Waals surface area contributed by atoms with Gasteiger partial charge in [0, 0.05) is 25.7 Å². The number of likely N-dealkylation sites (tertiary alicyclic amines) is 1. The van der Waals surface area contributed by atoms with Crippen LogP contribution in [0.4, 0.5) is 4.39 Å². The first-order valence-electron chi connectivity index (χ1n) is 8.76. The Bertz CT molecular complexity index is 810. The highest BCUT2D eigenvalue weighted by Crippen LogP contribution is 2.24. The average molecular weight is 359 g/mol. The molecule has 1 amide bonds. The van der Waals surface area contributed by atoms with Crippen molar-refractivity contribution in [3.05, 3.63) is 41.8 Å². The van der Waals surface area contributed by atoms with Gasteiger partial charge in [-0.3, -0.25) is 14.3 Å². The molecule has 138 valence electrons. The van der Waals surface area contributed by atoms with Crippen molar-refractivity contribution < 1.29 is 18.7 Å². The van der Waals surface area contributed by atoms with Crippen molar-refractivity contribution in [2.24, 2.45) is 13.0 Å². The van der Waals surface area contributed by atoms with Crippen molar-refractivity contribution in [2.45, 2.75) is 19.8 Å². The molecule has 7 heteroatoms. The summed E-state index contributed by atoms with van der Waals surface area (Å²) in [5.74, 6) is -0.883. The van der Waals surface area contributed by atoms with Crippen LogP contribution in [0.1, 0.15) is 30.3 Å². The Kier molecular flexibility index (Phi) is 5.35. The number of benzene rings is 1. The van der Waals surface area contributed by atoms with Gasteiger partial charge >= 0.3 is 5.97 Å². The van der Waals surface area contributed by atoms with E-state index in [2.05, 4.69) is 5.10 Å². The summed E-state index contributed by atoms with van der Waals surface area (Å²) in [6.07, 6.45) is 1.17. The standard InChI is InChI=1S/C19H22FN3O3/c1-3-26-19(25)13-8-10-23(11-9-13)18(24)17-12-16(21-22(17)2)14-6-4-5-7-15(14)20/h4-7,12-13H,3,8-11H2,1-2H3. The van der Waals surface area contributed by atoms with E-state index in [0.717, 1.165) is 0 Å². The van der Waals surface area contributed by atoms with E-state index in [1.165, 1.54) is 10.7 Å². The fourth-order valence-corrected chi connectivity index (χ4v) is 3.21. The number of carbonyl (C=O) groups excluding carboxylic acids is 2. The van der Waals surface area contributed by atoms with Gasteiger partial charge in [0.2, 0.25) is 0 Å². The summed E-state index contributed by atoms with van der Waals surface area (Å²) in [6, 6.07) is 7.96. The predicted octanol–water partition coefficient (Wildman–Crippen LogP) is 2.64. The van der Waals surface area contributed by atoms with Crippen LogP contribution in [-0.4, -0.2) is 46.3 Å².